The van der Waals surface area contributed by atoms with Gasteiger partial charge in [-0.15, -0.1) is 0 Å². The molecule has 0 aliphatic carbocycles. The molecule has 1 aromatic rings. The van der Waals surface area contributed by atoms with Crippen molar-refractivity contribution in [3.05, 3.63) is 29.3 Å². The fourth-order valence-corrected chi connectivity index (χ4v) is 1.81. The zero-order valence-corrected chi connectivity index (χ0v) is 8.56. The molecule has 0 saturated carbocycles. The van der Waals surface area contributed by atoms with Crippen molar-refractivity contribution < 1.29 is 19.5 Å². The standard InChI is InChI=1S/C11H9NO4/c1-12-8-4-2-3-6(10(14)11(15)16)7(8)5-9(12)13/h2-4H,5H2,1H3,(H,15,16). The van der Waals surface area contributed by atoms with Crippen molar-refractivity contribution in [2.45, 2.75) is 6.42 Å². The molecule has 0 unspecified atom stereocenters. The largest absolute Gasteiger partial charge is 0.475 e. The second-order valence-corrected chi connectivity index (χ2v) is 3.57. The van der Waals surface area contributed by atoms with E-state index in [1.165, 1.54) is 11.0 Å². The summed E-state index contributed by atoms with van der Waals surface area (Å²) in [5, 5.41) is 8.65. The minimum absolute atomic E-state index is 0.0844. The van der Waals surface area contributed by atoms with E-state index in [-0.39, 0.29) is 17.9 Å². The molecule has 82 valence electrons. The van der Waals surface area contributed by atoms with Crippen molar-refractivity contribution in [2.75, 3.05) is 11.9 Å². The lowest BCUT2D eigenvalue weighted by atomic mass is 10.0. The van der Waals surface area contributed by atoms with Gasteiger partial charge in [-0.05, 0) is 11.6 Å². The summed E-state index contributed by atoms with van der Waals surface area (Å²) in [6.45, 7) is 0. The Balaban J connectivity index is 2.56. The topological polar surface area (TPSA) is 74.7 Å². The number of amides is 1. The van der Waals surface area contributed by atoms with Crippen LogP contribution in [0.5, 0.6) is 0 Å². The lowest BCUT2D eigenvalue weighted by Crippen LogP contribution is -2.20. The molecule has 5 heteroatoms. The van der Waals surface area contributed by atoms with E-state index in [4.69, 9.17) is 5.11 Å². The Hall–Kier alpha value is -2.17. The molecule has 16 heavy (non-hydrogen) atoms. The van der Waals surface area contributed by atoms with E-state index < -0.39 is 11.8 Å². The molecule has 1 heterocycles. The van der Waals surface area contributed by atoms with Crippen LogP contribution in [-0.4, -0.2) is 29.8 Å². The fourth-order valence-electron chi connectivity index (χ4n) is 1.81. The summed E-state index contributed by atoms with van der Waals surface area (Å²) in [7, 11) is 1.60. The Morgan fingerprint density at radius 1 is 1.38 bits per heavy atom. The first-order valence-corrected chi connectivity index (χ1v) is 4.68. The first-order valence-electron chi connectivity index (χ1n) is 4.68. The van der Waals surface area contributed by atoms with Gasteiger partial charge in [-0.2, -0.15) is 0 Å². The number of ketones is 1. The second kappa shape index (κ2) is 3.44. The third-order valence-corrected chi connectivity index (χ3v) is 2.65. The first kappa shape index (κ1) is 10.4. The van der Waals surface area contributed by atoms with Crippen molar-refractivity contribution in [2.24, 2.45) is 0 Å². The molecule has 0 spiro atoms. The van der Waals surface area contributed by atoms with Crippen LogP contribution in [0.4, 0.5) is 5.69 Å². The van der Waals surface area contributed by atoms with Gasteiger partial charge < -0.3 is 10.0 Å². The molecule has 1 amide bonds. The monoisotopic (exact) mass is 219 g/mol. The normalized spacial score (nSPS) is 13.8. The minimum Gasteiger partial charge on any atom is -0.475 e. The highest BCUT2D eigenvalue weighted by Crippen LogP contribution is 2.30. The quantitative estimate of drug-likeness (QED) is 0.579. The third kappa shape index (κ3) is 1.37. The van der Waals surface area contributed by atoms with E-state index >= 15 is 0 Å². The van der Waals surface area contributed by atoms with E-state index in [9.17, 15) is 14.4 Å². The highest BCUT2D eigenvalue weighted by atomic mass is 16.4. The number of carbonyl (C=O) groups excluding carboxylic acids is 2. The summed E-state index contributed by atoms with van der Waals surface area (Å²) < 4.78 is 0. The van der Waals surface area contributed by atoms with Crippen molar-refractivity contribution in [1.82, 2.24) is 0 Å². The predicted octanol–water partition coefficient (Wildman–Crippen LogP) is 0.473. The number of Topliss-reactive ketones (excluding diaryl/α,β-unsaturated/α-hetero) is 1. The number of aliphatic carboxylic acids is 1. The Morgan fingerprint density at radius 2 is 2.06 bits per heavy atom. The summed E-state index contributed by atoms with van der Waals surface area (Å²) in [6.07, 6.45) is 0.0844. The average Bonchev–Trinajstić information content (AvgIpc) is 2.54. The number of hydrogen-bond donors (Lipinski definition) is 1. The van der Waals surface area contributed by atoms with Gasteiger partial charge in [0.15, 0.2) is 0 Å². The molecule has 0 aromatic heterocycles. The molecular formula is C11H9NO4. The van der Waals surface area contributed by atoms with Crippen molar-refractivity contribution >= 4 is 23.3 Å². The Morgan fingerprint density at radius 3 is 2.69 bits per heavy atom. The van der Waals surface area contributed by atoms with E-state index in [0.29, 0.717) is 11.3 Å². The van der Waals surface area contributed by atoms with E-state index in [0.717, 1.165) is 0 Å². The summed E-state index contributed by atoms with van der Waals surface area (Å²) in [6, 6.07) is 4.70. The maximum absolute atomic E-state index is 11.4. The lowest BCUT2D eigenvalue weighted by Gasteiger charge is -2.10. The van der Waals surface area contributed by atoms with Crippen molar-refractivity contribution in [1.29, 1.82) is 0 Å². The molecule has 1 aromatic carbocycles. The van der Waals surface area contributed by atoms with Gasteiger partial charge in [0.05, 0.1) is 6.42 Å². The van der Waals surface area contributed by atoms with Crippen LogP contribution in [0.15, 0.2) is 18.2 Å². The zero-order valence-electron chi connectivity index (χ0n) is 8.56. The van der Waals surface area contributed by atoms with Crippen LogP contribution in [0, 0.1) is 0 Å². The fraction of sp³-hybridized carbons (Fsp3) is 0.182. The van der Waals surface area contributed by atoms with Crippen LogP contribution < -0.4 is 4.90 Å². The molecular weight excluding hydrogens is 210 g/mol. The van der Waals surface area contributed by atoms with Gasteiger partial charge in [-0.1, -0.05) is 12.1 Å². The van der Waals surface area contributed by atoms with E-state index in [2.05, 4.69) is 0 Å². The number of hydrogen-bond acceptors (Lipinski definition) is 3. The second-order valence-electron chi connectivity index (χ2n) is 3.57. The average molecular weight is 219 g/mol. The molecule has 0 bridgehead atoms. The predicted molar refractivity (Wildman–Crippen MR) is 55.5 cm³/mol. The molecule has 1 aliphatic rings. The molecule has 0 fully saturated rings. The van der Waals surface area contributed by atoms with Crippen LogP contribution in [0.2, 0.25) is 0 Å². The Bertz CT molecular complexity index is 507. The number of anilines is 1. The third-order valence-electron chi connectivity index (χ3n) is 2.65. The van der Waals surface area contributed by atoms with Crippen LogP contribution in [0.1, 0.15) is 15.9 Å². The lowest BCUT2D eigenvalue weighted by molar-refractivity contribution is -0.131. The molecule has 5 nitrogen and oxygen atoms in total. The van der Waals surface area contributed by atoms with Gasteiger partial charge in [-0.3, -0.25) is 9.59 Å². The molecule has 1 N–H and O–H groups in total. The summed E-state index contributed by atoms with van der Waals surface area (Å²) in [5.41, 5.74) is 1.21. The van der Waals surface area contributed by atoms with E-state index in [1.54, 1.807) is 19.2 Å². The summed E-state index contributed by atoms with van der Waals surface area (Å²) in [4.78, 5) is 34.9. The van der Waals surface area contributed by atoms with Crippen LogP contribution >= 0.6 is 0 Å². The summed E-state index contributed by atoms with van der Waals surface area (Å²) in [5.74, 6) is -2.61. The maximum atomic E-state index is 11.4. The summed E-state index contributed by atoms with van der Waals surface area (Å²) >= 11 is 0. The molecule has 1 aliphatic heterocycles. The number of rotatable bonds is 2. The number of carbonyl (C=O) groups is 3. The Labute approximate surface area is 91.3 Å². The van der Waals surface area contributed by atoms with Gasteiger partial charge in [0.25, 0.3) is 5.78 Å². The first-order chi connectivity index (χ1) is 7.52. The number of fused-ring (bicyclic) bond motifs is 1. The number of carboxylic acids is 1. The Kier molecular flexibility index (Phi) is 2.23. The SMILES string of the molecule is CN1C(=O)Cc2c(C(=O)C(=O)O)cccc21. The molecule has 2 rings (SSSR count). The highest BCUT2D eigenvalue weighted by Gasteiger charge is 2.29. The van der Waals surface area contributed by atoms with Gasteiger partial charge in [0.2, 0.25) is 5.91 Å². The van der Waals surface area contributed by atoms with Crippen LogP contribution in [-0.2, 0) is 16.0 Å². The van der Waals surface area contributed by atoms with Gasteiger partial charge in [-0.25, -0.2) is 4.79 Å². The maximum Gasteiger partial charge on any atom is 0.377 e. The zero-order chi connectivity index (χ0) is 11.9. The molecule has 0 saturated heterocycles. The van der Waals surface area contributed by atoms with Gasteiger partial charge in [0, 0.05) is 18.3 Å². The number of nitrogens with zero attached hydrogens (tertiary/aromatic N) is 1. The highest BCUT2D eigenvalue weighted by molar-refractivity contribution is 6.40. The number of benzene rings is 1. The number of carboxylic acid groups (broad SMARTS) is 1. The van der Waals surface area contributed by atoms with E-state index in [1.807, 2.05) is 0 Å². The van der Waals surface area contributed by atoms with Crippen molar-refractivity contribution in [3.63, 3.8) is 0 Å². The van der Waals surface area contributed by atoms with Gasteiger partial charge >= 0.3 is 5.97 Å². The minimum atomic E-state index is -1.50. The van der Waals surface area contributed by atoms with Gasteiger partial charge in [0.1, 0.15) is 0 Å². The number of likely N-dealkylation sites (N-methyl/N-ethyl adjacent to an activating group) is 1. The van der Waals surface area contributed by atoms with Crippen LogP contribution in [0.3, 0.4) is 0 Å². The van der Waals surface area contributed by atoms with Crippen molar-refractivity contribution in [3.8, 4) is 0 Å². The smallest absolute Gasteiger partial charge is 0.377 e. The molecule has 0 radical (unpaired) electrons. The van der Waals surface area contributed by atoms with Crippen LogP contribution in [0.25, 0.3) is 0 Å². The molecule has 0 atom stereocenters.